The molecule has 0 saturated heterocycles. The lowest BCUT2D eigenvalue weighted by molar-refractivity contribution is -0.137. The summed E-state index contributed by atoms with van der Waals surface area (Å²) in [6.07, 6.45) is 1.60. The average Bonchev–Trinajstić information content (AvgIpc) is 3.07. The first-order valence-corrected chi connectivity index (χ1v) is 9.24. The van der Waals surface area contributed by atoms with E-state index in [1.807, 2.05) is 7.05 Å². The molecule has 154 valence electrons. The van der Waals surface area contributed by atoms with Crippen molar-refractivity contribution in [3.05, 3.63) is 30.2 Å². The van der Waals surface area contributed by atoms with Crippen LogP contribution in [0.4, 0.5) is 19.0 Å². The number of aromatic nitrogens is 5. The van der Waals surface area contributed by atoms with Crippen LogP contribution in [0.3, 0.4) is 0 Å². The smallest absolute Gasteiger partial charge is 0.416 e. The Kier molecular flexibility index (Phi) is 4.99. The maximum Gasteiger partial charge on any atom is 0.416 e. The van der Waals surface area contributed by atoms with Gasteiger partial charge in [0.25, 0.3) is 5.88 Å². The second kappa shape index (κ2) is 7.47. The van der Waals surface area contributed by atoms with E-state index >= 15 is 0 Å². The number of nitrogens with two attached hydrogens (primary N) is 1. The van der Waals surface area contributed by atoms with Crippen molar-refractivity contribution in [2.75, 3.05) is 12.8 Å². The van der Waals surface area contributed by atoms with Crippen LogP contribution >= 0.6 is 0 Å². The molecule has 0 amide bonds. The van der Waals surface area contributed by atoms with Gasteiger partial charge in [0.15, 0.2) is 5.65 Å². The number of nitrogens with zero attached hydrogens (tertiary/aromatic N) is 5. The van der Waals surface area contributed by atoms with E-state index in [0.717, 1.165) is 44.0 Å². The fraction of sp³-hybridized carbons (Fsp3) is 0.444. The number of ether oxygens (including phenoxy) is 1. The maximum atomic E-state index is 13.0. The number of nitrogen functional groups attached to an aromatic ring is 1. The van der Waals surface area contributed by atoms with Gasteiger partial charge in [-0.2, -0.15) is 13.2 Å². The number of pyridine rings is 1. The van der Waals surface area contributed by atoms with Crippen LogP contribution in [-0.2, 0) is 6.18 Å². The minimum atomic E-state index is -4.50. The first-order chi connectivity index (χ1) is 13.9. The van der Waals surface area contributed by atoms with Crippen LogP contribution in [0, 0.1) is 0 Å². The summed E-state index contributed by atoms with van der Waals surface area (Å²) in [5, 5.41) is 8.12. The lowest BCUT2D eigenvalue weighted by Gasteiger charge is -2.28. The molecule has 1 aliphatic rings. The lowest BCUT2D eigenvalue weighted by atomic mass is 9.91. The molecule has 1 fully saturated rings. The fourth-order valence-corrected chi connectivity index (χ4v) is 3.64. The predicted molar refractivity (Wildman–Crippen MR) is 99.4 cm³/mol. The van der Waals surface area contributed by atoms with Crippen LogP contribution in [0.2, 0.25) is 0 Å². The van der Waals surface area contributed by atoms with Gasteiger partial charge in [0, 0.05) is 18.3 Å². The van der Waals surface area contributed by atoms with Crippen molar-refractivity contribution in [2.45, 2.75) is 43.9 Å². The number of nitrogens with one attached hydrogen (secondary N) is 1. The zero-order valence-electron chi connectivity index (χ0n) is 15.6. The molecule has 0 unspecified atom stereocenters. The maximum absolute atomic E-state index is 13.0. The molecule has 3 aromatic heterocycles. The van der Waals surface area contributed by atoms with Gasteiger partial charge in [-0.1, -0.05) is 0 Å². The Bertz CT molecular complexity index is 1010. The van der Waals surface area contributed by atoms with Gasteiger partial charge in [-0.25, -0.2) is 19.6 Å². The molecule has 0 atom stereocenters. The molecule has 8 nitrogen and oxygen atoms in total. The lowest BCUT2D eigenvalue weighted by Crippen LogP contribution is -2.31. The van der Waals surface area contributed by atoms with Crippen LogP contribution in [0.15, 0.2) is 24.7 Å². The van der Waals surface area contributed by atoms with E-state index in [9.17, 15) is 13.2 Å². The van der Waals surface area contributed by atoms with Gasteiger partial charge in [0.2, 0.25) is 5.88 Å². The topological polar surface area (TPSA) is 104 Å². The Balaban J connectivity index is 1.70. The van der Waals surface area contributed by atoms with Gasteiger partial charge in [-0.15, -0.1) is 5.10 Å². The molecule has 3 N–H and O–H groups in total. The molecule has 0 radical (unpaired) electrons. The highest BCUT2D eigenvalue weighted by Gasteiger charge is 2.31. The third-order valence-corrected chi connectivity index (χ3v) is 5.20. The van der Waals surface area contributed by atoms with E-state index in [0.29, 0.717) is 17.1 Å². The predicted octanol–water partition coefficient (Wildman–Crippen LogP) is 3.32. The minimum Gasteiger partial charge on any atom is -0.418 e. The summed E-state index contributed by atoms with van der Waals surface area (Å²) >= 11 is 0. The van der Waals surface area contributed by atoms with Gasteiger partial charge in [0.1, 0.15) is 17.5 Å². The molecular weight excluding hydrogens is 387 g/mol. The molecule has 4 rings (SSSR count). The Labute approximate surface area is 164 Å². The molecule has 0 spiro atoms. The van der Waals surface area contributed by atoms with Crippen molar-refractivity contribution in [1.82, 2.24) is 30.0 Å². The number of fused-ring (bicyclic) bond motifs is 1. The van der Waals surface area contributed by atoms with Crippen molar-refractivity contribution in [3.8, 4) is 11.8 Å². The van der Waals surface area contributed by atoms with Crippen LogP contribution in [0.1, 0.15) is 37.3 Å². The summed E-state index contributed by atoms with van der Waals surface area (Å²) in [7, 11) is 1.94. The fourth-order valence-electron chi connectivity index (χ4n) is 3.64. The van der Waals surface area contributed by atoms with Crippen LogP contribution < -0.4 is 15.8 Å². The molecular formula is C18H20F3N7O. The second-order valence-corrected chi connectivity index (χ2v) is 6.98. The molecule has 1 saturated carbocycles. The van der Waals surface area contributed by atoms with Gasteiger partial charge in [-0.05, 0) is 38.8 Å². The molecule has 11 heteroatoms. The first kappa shape index (κ1) is 19.4. The number of alkyl halides is 3. The molecule has 1 aliphatic carbocycles. The number of halogens is 3. The first-order valence-electron chi connectivity index (χ1n) is 9.24. The summed E-state index contributed by atoms with van der Waals surface area (Å²) in [4.78, 5) is 12.1. The third kappa shape index (κ3) is 3.82. The normalized spacial score (nSPS) is 20.1. The van der Waals surface area contributed by atoms with Crippen molar-refractivity contribution in [1.29, 1.82) is 0 Å². The van der Waals surface area contributed by atoms with Gasteiger partial charge in [0.05, 0.1) is 11.6 Å². The number of rotatable bonds is 4. The van der Waals surface area contributed by atoms with Crippen molar-refractivity contribution in [3.63, 3.8) is 0 Å². The van der Waals surface area contributed by atoms with Crippen LogP contribution in [0.25, 0.3) is 11.0 Å². The van der Waals surface area contributed by atoms with E-state index < -0.39 is 11.7 Å². The van der Waals surface area contributed by atoms with Crippen LogP contribution in [-0.4, -0.2) is 37.8 Å². The minimum absolute atomic E-state index is 0.0423. The molecule has 0 bridgehead atoms. The zero-order chi connectivity index (χ0) is 20.6. The Morgan fingerprint density at radius 3 is 2.62 bits per heavy atom. The number of anilines is 1. The second-order valence-electron chi connectivity index (χ2n) is 6.98. The zero-order valence-corrected chi connectivity index (χ0v) is 15.6. The van der Waals surface area contributed by atoms with Crippen molar-refractivity contribution >= 4 is 16.9 Å². The molecule has 0 aliphatic heterocycles. The monoisotopic (exact) mass is 407 g/mol. The van der Waals surface area contributed by atoms with Crippen molar-refractivity contribution < 1.29 is 17.9 Å². The number of hydrogen-bond acceptors (Lipinski definition) is 7. The summed E-state index contributed by atoms with van der Waals surface area (Å²) in [5.41, 5.74) is 5.63. The number of hydrogen-bond donors (Lipinski definition) is 2. The molecule has 29 heavy (non-hydrogen) atoms. The summed E-state index contributed by atoms with van der Waals surface area (Å²) in [6, 6.07) is 2.24. The van der Waals surface area contributed by atoms with E-state index in [-0.39, 0.29) is 23.6 Å². The van der Waals surface area contributed by atoms with E-state index in [1.54, 1.807) is 4.68 Å². The van der Waals surface area contributed by atoms with Gasteiger partial charge in [-0.3, -0.25) is 0 Å². The largest absolute Gasteiger partial charge is 0.418 e. The molecule has 0 aromatic carbocycles. The Morgan fingerprint density at radius 1 is 1.17 bits per heavy atom. The van der Waals surface area contributed by atoms with Gasteiger partial charge < -0.3 is 15.8 Å². The quantitative estimate of drug-likeness (QED) is 0.684. The highest BCUT2D eigenvalue weighted by atomic mass is 19.4. The average molecular weight is 407 g/mol. The Hall–Kier alpha value is -2.95. The van der Waals surface area contributed by atoms with Crippen LogP contribution in [0.5, 0.6) is 11.8 Å². The summed E-state index contributed by atoms with van der Waals surface area (Å²) < 4.78 is 46.3. The Morgan fingerprint density at radius 2 is 1.93 bits per heavy atom. The van der Waals surface area contributed by atoms with E-state index in [2.05, 4.69) is 25.4 Å². The van der Waals surface area contributed by atoms with Crippen molar-refractivity contribution in [2.24, 2.45) is 0 Å². The highest BCUT2D eigenvalue weighted by Crippen LogP contribution is 2.37. The van der Waals surface area contributed by atoms with E-state index in [1.165, 1.54) is 6.33 Å². The highest BCUT2D eigenvalue weighted by molar-refractivity contribution is 5.90. The SMILES string of the molecule is CN[C@H]1CC[C@@H](n2nc(Oc3cc(C(F)(F)F)ccn3)c3c(N)ncnc32)CC1. The third-order valence-electron chi connectivity index (χ3n) is 5.20. The molecule has 3 heterocycles. The summed E-state index contributed by atoms with van der Waals surface area (Å²) in [5.74, 6) is -0.0404. The standard InChI is InChI=1S/C18H20F3N7O/c1-23-11-2-4-12(5-3-11)28-16-14(15(22)25-9-26-16)17(27-28)29-13-8-10(6-7-24-13)18(19,20)21/h6-9,11-12,23H,2-5H2,1H3,(H2,22,25,26)/t11-,12+. The van der Waals surface area contributed by atoms with E-state index in [4.69, 9.17) is 10.5 Å². The van der Waals surface area contributed by atoms with Gasteiger partial charge >= 0.3 is 6.18 Å². The summed E-state index contributed by atoms with van der Waals surface area (Å²) in [6.45, 7) is 0. The molecule has 3 aromatic rings.